The number of hydrogen-bond acceptors (Lipinski definition) is 5. The van der Waals surface area contributed by atoms with Crippen molar-refractivity contribution in [2.45, 2.75) is 0 Å². The van der Waals surface area contributed by atoms with Crippen LogP contribution in [0.25, 0.3) is 0 Å². The molecule has 0 radical (unpaired) electrons. The predicted octanol–water partition coefficient (Wildman–Crippen LogP) is 1.50. The Balaban J connectivity index is 2.41. The number of aromatic carboxylic acids is 1. The molecule has 86 valence electrons. The number of carboxylic acid groups (broad SMARTS) is 1. The van der Waals surface area contributed by atoms with Crippen LogP contribution < -0.4 is 11.1 Å². The van der Waals surface area contributed by atoms with Gasteiger partial charge in [-0.3, -0.25) is 0 Å². The molecule has 4 N–H and O–H groups in total. The van der Waals surface area contributed by atoms with Gasteiger partial charge in [0.2, 0.25) is 0 Å². The molecule has 0 amide bonds. The van der Waals surface area contributed by atoms with Crippen LogP contribution in [0, 0.1) is 0 Å². The van der Waals surface area contributed by atoms with Crippen LogP contribution in [-0.4, -0.2) is 21.0 Å². The van der Waals surface area contributed by atoms with Gasteiger partial charge >= 0.3 is 5.97 Å². The molecule has 0 saturated heterocycles. The molecule has 2 aromatic rings. The average molecular weight is 230 g/mol. The zero-order valence-corrected chi connectivity index (χ0v) is 8.79. The van der Waals surface area contributed by atoms with E-state index in [1.165, 1.54) is 24.8 Å². The summed E-state index contributed by atoms with van der Waals surface area (Å²) >= 11 is 0. The van der Waals surface area contributed by atoms with Gasteiger partial charge in [0.25, 0.3) is 0 Å². The first-order valence-corrected chi connectivity index (χ1v) is 4.82. The van der Waals surface area contributed by atoms with Crippen LogP contribution in [0.15, 0.2) is 36.9 Å². The fraction of sp³-hybridized carbons (Fsp3) is 0. The Labute approximate surface area is 97.1 Å². The Bertz CT molecular complexity index is 542. The molecular weight excluding hydrogens is 220 g/mol. The van der Waals surface area contributed by atoms with Crippen molar-refractivity contribution in [3.8, 4) is 0 Å². The number of benzene rings is 1. The first-order valence-electron chi connectivity index (χ1n) is 4.82. The molecule has 6 nitrogen and oxygen atoms in total. The normalized spacial score (nSPS) is 9.88. The van der Waals surface area contributed by atoms with Gasteiger partial charge in [0.1, 0.15) is 6.33 Å². The topological polar surface area (TPSA) is 101 Å². The Kier molecular flexibility index (Phi) is 2.87. The summed E-state index contributed by atoms with van der Waals surface area (Å²) in [5.41, 5.74) is 7.12. The van der Waals surface area contributed by atoms with E-state index in [9.17, 15) is 4.79 Å². The summed E-state index contributed by atoms with van der Waals surface area (Å²) in [6, 6.07) is 4.69. The van der Waals surface area contributed by atoms with Gasteiger partial charge in [-0.15, -0.1) is 0 Å². The molecule has 1 heterocycles. The Morgan fingerprint density at radius 1 is 1.29 bits per heavy atom. The number of para-hydroxylation sites is 1. The lowest BCUT2D eigenvalue weighted by Crippen LogP contribution is -2.05. The maximum atomic E-state index is 11.0. The van der Waals surface area contributed by atoms with Crippen molar-refractivity contribution in [3.63, 3.8) is 0 Å². The third kappa shape index (κ3) is 2.31. The molecule has 0 fully saturated rings. The number of carbonyl (C=O) groups is 1. The van der Waals surface area contributed by atoms with Crippen molar-refractivity contribution in [1.29, 1.82) is 0 Å². The van der Waals surface area contributed by atoms with E-state index in [4.69, 9.17) is 10.8 Å². The summed E-state index contributed by atoms with van der Waals surface area (Å²) in [6.45, 7) is 0. The number of rotatable bonds is 3. The van der Waals surface area contributed by atoms with Gasteiger partial charge in [-0.1, -0.05) is 6.07 Å². The SMILES string of the molecule is Nc1cccc(C(=O)O)c1Nc1cncnc1. The smallest absolute Gasteiger partial charge is 0.337 e. The summed E-state index contributed by atoms with van der Waals surface area (Å²) in [6.07, 6.45) is 4.45. The maximum Gasteiger partial charge on any atom is 0.337 e. The van der Waals surface area contributed by atoms with Crippen molar-refractivity contribution in [3.05, 3.63) is 42.5 Å². The van der Waals surface area contributed by atoms with E-state index in [2.05, 4.69) is 15.3 Å². The molecule has 0 atom stereocenters. The molecule has 0 unspecified atom stereocenters. The highest BCUT2D eigenvalue weighted by Gasteiger charge is 2.12. The molecule has 0 aliphatic carbocycles. The van der Waals surface area contributed by atoms with Gasteiger partial charge in [0.15, 0.2) is 0 Å². The third-order valence-electron chi connectivity index (χ3n) is 2.16. The second-order valence-corrected chi connectivity index (χ2v) is 3.33. The molecular formula is C11H10N4O2. The number of nitrogens with two attached hydrogens (primary N) is 1. The number of nitrogens with zero attached hydrogens (tertiary/aromatic N) is 2. The van der Waals surface area contributed by atoms with Gasteiger partial charge in [-0.05, 0) is 12.1 Å². The van der Waals surface area contributed by atoms with E-state index in [0.29, 0.717) is 17.1 Å². The number of nitrogens with one attached hydrogen (secondary N) is 1. The number of anilines is 3. The van der Waals surface area contributed by atoms with Crippen LogP contribution in [0.2, 0.25) is 0 Å². The average Bonchev–Trinajstić information content (AvgIpc) is 2.33. The Hall–Kier alpha value is -2.63. The molecule has 0 aliphatic heterocycles. The zero-order valence-electron chi connectivity index (χ0n) is 8.79. The van der Waals surface area contributed by atoms with Crippen LogP contribution in [-0.2, 0) is 0 Å². The highest BCUT2D eigenvalue weighted by molar-refractivity contribution is 5.98. The fourth-order valence-corrected chi connectivity index (χ4v) is 1.40. The quantitative estimate of drug-likeness (QED) is 0.691. The van der Waals surface area contributed by atoms with Crippen molar-refractivity contribution in [2.75, 3.05) is 11.1 Å². The Morgan fingerprint density at radius 3 is 2.65 bits per heavy atom. The van der Waals surface area contributed by atoms with E-state index >= 15 is 0 Å². The van der Waals surface area contributed by atoms with Gasteiger partial charge in [-0.2, -0.15) is 0 Å². The van der Waals surface area contributed by atoms with Crippen molar-refractivity contribution >= 4 is 23.0 Å². The summed E-state index contributed by atoms with van der Waals surface area (Å²) in [7, 11) is 0. The minimum atomic E-state index is -1.04. The summed E-state index contributed by atoms with van der Waals surface area (Å²) in [5.74, 6) is -1.04. The lowest BCUT2D eigenvalue weighted by atomic mass is 10.1. The predicted molar refractivity (Wildman–Crippen MR) is 63.1 cm³/mol. The molecule has 0 bridgehead atoms. The molecule has 2 rings (SSSR count). The number of aromatic nitrogens is 2. The second-order valence-electron chi connectivity index (χ2n) is 3.33. The van der Waals surface area contributed by atoms with Crippen LogP contribution >= 0.6 is 0 Å². The maximum absolute atomic E-state index is 11.0. The number of hydrogen-bond donors (Lipinski definition) is 3. The zero-order chi connectivity index (χ0) is 12.3. The first kappa shape index (κ1) is 10.9. The Morgan fingerprint density at radius 2 is 2.00 bits per heavy atom. The monoisotopic (exact) mass is 230 g/mol. The largest absolute Gasteiger partial charge is 0.478 e. The highest BCUT2D eigenvalue weighted by atomic mass is 16.4. The lowest BCUT2D eigenvalue weighted by Gasteiger charge is -2.11. The molecule has 17 heavy (non-hydrogen) atoms. The highest BCUT2D eigenvalue weighted by Crippen LogP contribution is 2.26. The number of nitrogen functional groups attached to an aromatic ring is 1. The summed E-state index contributed by atoms with van der Waals surface area (Å²) in [5, 5.41) is 11.9. The minimum absolute atomic E-state index is 0.105. The van der Waals surface area contributed by atoms with Gasteiger partial charge in [-0.25, -0.2) is 14.8 Å². The minimum Gasteiger partial charge on any atom is -0.478 e. The van der Waals surface area contributed by atoms with Crippen molar-refractivity contribution in [2.24, 2.45) is 0 Å². The van der Waals surface area contributed by atoms with Crippen LogP contribution in [0.5, 0.6) is 0 Å². The number of carboxylic acids is 1. The molecule has 1 aromatic carbocycles. The van der Waals surface area contributed by atoms with Crippen molar-refractivity contribution in [1.82, 2.24) is 9.97 Å². The summed E-state index contributed by atoms with van der Waals surface area (Å²) < 4.78 is 0. The molecule has 0 spiro atoms. The van der Waals surface area contributed by atoms with E-state index in [1.807, 2.05) is 0 Å². The summed E-state index contributed by atoms with van der Waals surface area (Å²) in [4.78, 5) is 18.7. The lowest BCUT2D eigenvalue weighted by molar-refractivity contribution is 0.0698. The molecule has 0 aliphatic rings. The van der Waals surface area contributed by atoms with Gasteiger partial charge in [0, 0.05) is 0 Å². The first-order chi connectivity index (χ1) is 8.18. The third-order valence-corrected chi connectivity index (χ3v) is 2.16. The van der Waals surface area contributed by atoms with E-state index in [1.54, 1.807) is 12.1 Å². The van der Waals surface area contributed by atoms with Crippen LogP contribution in [0.3, 0.4) is 0 Å². The molecule has 6 heteroatoms. The van der Waals surface area contributed by atoms with Crippen LogP contribution in [0.4, 0.5) is 17.1 Å². The van der Waals surface area contributed by atoms with E-state index in [0.717, 1.165) is 0 Å². The fourth-order valence-electron chi connectivity index (χ4n) is 1.40. The van der Waals surface area contributed by atoms with Gasteiger partial charge < -0.3 is 16.2 Å². The van der Waals surface area contributed by atoms with Crippen LogP contribution in [0.1, 0.15) is 10.4 Å². The molecule has 0 saturated carbocycles. The van der Waals surface area contributed by atoms with Crippen molar-refractivity contribution < 1.29 is 9.90 Å². The standard InChI is InChI=1S/C11H10N4O2/c12-9-3-1-2-8(11(16)17)10(9)15-7-4-13-6-14-5-7/h1-6,15H,12H2,(H,16,17). The van der Waals surface area contributed by atoms with E-state index < -0.39 is 5.97 Å². The van der Waals surface area contributed by atoms with Gasteiger partial charge in [0.05, 0.1) is 35.0 Å². The molecule has 1 aromatic heterocycles. The second kappa shape index (κ2) is 4.48. The van der Waals surface area contributed by atoms with E-state index in [-0.39, 0.29) is 5.56 Å².